The zero-order valence-electron chi connectivity index (χ0n) is 11.2. The zero-order valence-corrected chi connectivity index (χ0v) is 11.2. The maximum Gasteiger partial charge on any atom is 0.419 e. The van der Waals surface area contributed by atoms with Gasteiger partial charge in [-0.25, -0.2) is 9.67 Å². The van der Waals surface area contributed by atoms with Crippen LogP contribution in [0.15, 0.2) is 30.6 Å². The normalized spacial score (nSPS) is 12.7. The van der Waals surface area contributed by atoms with Crippen LogP contribution >= 0.6 is 0 Å². The third-order valence-electron chi connectivity index (χ3n) is 2.66. The molecule has 0 fully saturated rings. The molecule has 1 aromatic carbocycles. The van der Waals surface area contributed by atoms with E-state index in [2.05, 4.69) is 10.1 Å². The molecule has 0 saturated carbocycles. The largest absolute Gasteiger partial charge is 0.490 e. The van der Waals surface area contributed by atoms with Gasteiger partial charge in [0.25, 0.3) is 5.82 Å². The van der Waals surface area contributed by atoms with Crippen LogP contribution in [0.25, 0.3) is 0 Å². The van der Waals surface area contributed by atoms with Crippen molar-refractivity contribution in [2.24, 2.45) is 0 Å². The highest BCUT2D eigenvalue weighted by Gasteiger charge is 2.34. The molecular weight excluding hydrogens is 301 g/mol. The second-order valence-corrected chi connectivity index (χ2v) is 4.36. The molecule has 0 aliphatic rings. The van der Waals surface area contributed by atoms with E-state index in [1.807, 2.05) is 0 Å². The molecule has 0 aliphatic carbocycles. The summed E-state index contributed by atoms with van der Waals surface area (Å²) in [5, 5.41) is 22.1. The molecule has 6 nitrogen and oxygen atoms in total. The van der Waals surface area contributed by atoms with Crippen LogP contribution in [0.1, 0.15) is 11.4 Å². The number of nitrogens with zero attached hydrogens (tertiary/aromatic N) is 4. The Morgan fingerprint density at radius 1 is 1.36 bits per heavy atom. The van der Waals surface area contributed by atoms with Gasteiger partial charge < -0.3 is 9.84 Å². The molecule has 0 saturated heterocycles. The summed E-state index contributed by atoms with van der Waals surface area (Å²) in [6.45, 7) is -0.405. The van der Waals surface area contributed by atoms with Crippen molar-refractivity contribution in [3.63, 3.8) is 0 Å². The molecule has 1 heterocycles. The van der Waals surface area contributed by atoms with Crippen molar-refractivity contribution >= 4 is 0 Å². The summed E-state index contributed by atoms with van der Waals surface area (Å²) < 4.78 is 44.5. The number of aliphatic hydroxyl groups excluding tert-OH is 1. The Morgan fingerprint density at radius 2 is 2.09 bits per heavy atom. The Kier molecular flexibility index (Phi) is 4.62. The van der Waals surface area contributed by atoms with Crippen molar-refractivity contribution in [3.05, 3.63) is 42.0 Å². The first-order chi connectivity index (χ1) is 10.4. The maximum atomic E-state index is 12.8. The van der Waals surface area contributed by atoms with Crippen molar-refractivity contribution in [1.29, 1.82) is 5.26 Å². The predicted molar refractivity (Wildman–Crippen MR) is 67.7 cm³/mol. The molecule has 0 bridgehead atoms. The number of hydrogen-bond acceptors (Lipinski definition) is 5. The number of hydrogen-bond donors (Lipinski definition) is 1. The fraction of sp³-hybridized carbons (Fsp3) is 0.308. The standard InChI is InChI=1S/C13H11F3N4O2/c14-13(15,16)10-3-1-2-4-11(10)22-7-9(21)6-20-8-18-12(5-17)19-20/h1-4,8-9,21H,6-7H2/t9-/m1/s1. The van der Waals surface area contributed by atoms with Gasteiger partial charge in [-0.05, 0) is 12.1 Å². The highest BCUT2D eigenvalue weighted by atomic mass is 19.4. The van der Waals surface area contributed by atoms with Crippen LogP contribution in [0.3, 0.4) is 0 Å². The summed E-state index contributed by atoms with van der Waals surface area (Å²) in [6, 6.07) is 6.47. The molecule has 1 N–H and O–H groups in total. The van der Waals surface area contributed by atoms with Crippen LogP contribution < -0.4 is 4.74 Å². The van der Waals surface area contributed by atoms with E-state index in [1.165, 1.54) is 29.2 Å². The second kappa shape index (κ2) is 6.44. The first kappa shape index (κ1) is 15.8. The second-order valence-electron chi connectivity index (χ2n) is 4.36. The number of aliphatic hydroxyl groups is 1. The van der Waals surface area contributed by atoms with Gasteiger partial charge in [-0.3, -0.25) is 0 Å². The molecule has 22 heavy (non-hydrogen) atoms. The lowest BCUT2D eigenvalue weighted by Gasteiger charge is -2.16. The SMILES string of the molecule is N#Cc1ncn(C[C@@H](O)COc2ccccc2C(F)(F)F)n1. The van der Waals surface area contributed by atoms with Crippen molar-refractivity contribution in [2.45, 2.75) is 18.8 Å². The topological polar surface area (TPSA) is 84.0 Å². The Hall–Kier alpha value is -2.60. The van der Waals surface area contributed by atoms with E-state index < -0.39 is 17.8 Å². The molecule has 9 heteroatoms. The first-order valence-electron chi connectivity index (χ1n) is 6.17. The molecule has 0 unspecified atom stereocenters. The van der Waals surface area contributed by atoms with Gasteiger partial charge in [0, 0.05) is 0 Å². The molecule has 0 amide bonds. The van der Waals surface area contributed by atoms with Gasteiger partial charge in [0.2, 0.25) is 0 Å². The third-order valence-corrected chi connectivity index (χ3v) is 2.66. The average molecular weight is 312 g/mol. The summed E-state index contributed by atoms with van der Waals surface area (Å²) in [5.41, 5.74) is -0.908. The van der Waals surface area contributed by atoms with Crippen molar-refractivity contribution in [1.82, 2.24) is 14.8 Å². The number of para-hydroxylation sites is 1. The molecule has 1 atom stereocenters. The maximum absolute atomic E-state index is 12.8. The highest BCUT2D eigenvalue weighted by Crippen LogP contribution is 2.35. The van der Waals surface area contributed by atoms with Gasteiger partial charge in [-0.2, -0.15) is 18.4 Å². The van der Waals surface area contributed by atoms with E-state index >= 15 is 0 Å². The minimum absolute atomic E-state index is 0.0527. The van der Waals surface area contributed by atoms with Crippen molar-refractivity contribution in [2.75, 3.05) is 6.61 Å². The van der Waals surface area contributed by atoms with Crippen LogP contribution in [0.4, 0.5) is 13.2 Å². The predicted octanol–water partition coefficient (Wildman–Crippen LogP) is 1.61. The van der Waals surface area contributed by atoms with Crippen LogP contribution in [0.2, 0.25) is 0 Å². The Labute approximate surface area is 123 Å². The van der Waals surface area contributed by atoms with Crippen LogP contribution in [0, 0.1) is 11.3 Å². The molecule has 1 aromatic heterocycles. The molecule has 0 radical (unpaired) electrons. The molecule has 116 valence electrons. The first-order valence-corrected chi connectivity index (χ1v) is 6.17. The fourth-order valence-corrected chi connectivity index (χ4v) is 1.72. The number of alkyl halides is 3. The summed E-state index contributed by atoms with van der Waals surface area (Å²) in [7, 11) is 0. The number of nitriles is 1. The number of aromatic nitrogens is 3. The van der Waals surface area contributed by atoms with Crippen molar-refractivity contribution in [3.8, 4) is 11.8 Å². The van der Waals surface area contributed by atoms with Crippen LogP contribution in [-0.4, -0.2) is 32.6 Å². The van der Waals surface area contributed by atoms with E-state index in [1.54, 1.807) is 6.07 Å². The summed E-state index contributed by atoms with van der Waals surface area (Å²) in [6.07, 6.45) is -4.39. The molecule has 0 aliphatic heterocycles. The Bertz CT molecular complexity index is 678. The van der Waals surface area contributed by atoms with Gasteiger partial charge in [-0.15, -0.1) is 5.10 Å². The van der Waals surface area contributed by atoms with Gasteiger partial charge in [0.05, 0.1) is 12.1 Å². The van der Waals surface area contributed by atoms with Crippen molar-refractivity contribution < 1.29 is 23.0 Å². The van der Waals surface area contributed by atoms with Gasteiger partial charge in [-0.1, -0.05) is 12.1 Å². The molecule has 2 aromatic rings. The molecule has 2 rings (SSSR count). The van der Waals surface area contributed by atoms with E-state index in [4.69, 9.17) is 10.00 Å². The number of halogens is 3. The van der Waals surface area contributed by atoms with E-state index in [0.29, 0.717) is 0 Å². The lowest BCUT2D eigenvalue weighted by molar-refractivity contribution is -0.139. The van der Waals surface area contributed by atoms with E-state index in [0.717, 1.165) is 6.07 Å². The zero-order chi connectivity index (χ0) is 16.2. The van der Waals surface area contributed by atoms with Gasteiger partial charge >= 0.3 is 6.18 Å². The van der Waals surface area contributed by atoms with Gasteiger partial charge in [0.15, 0.2) is 0 Å². The number of ether oxygens (including phenoxy) is 1. The lowest BCUT2D eigenvalue weighted by Crippen LogP contribution is -2.24. The fourth-order valence-electron chi connectivity index (χ4n) is 1.72. The molecular formula is C13H11F3N4O2. The summed E-state index contributed by atoms with van der Waals surface area (Å²) >= 11 is 0. The minimum atomic E-state index is -4.53. The van der Waals surface area contributed by atoms with Crippen LogP contribution in [0.5, 0.6) is 5.75 Å². The van der Waals surface area contributed by atoms with Crippen LogP contribution in [-0.2, 0) is 12.7 Å². The Balaban J connectivity index is 1.97. The quantitative estimate of drug-likeness (QED) is 0.906. The minimum Gasteiger partial charge on any atom is -0.490 e. The van der Waals surface area contributed by atoms with E-state index in [-0.39, 0.29) is 24.7 Å². The third kappa shape index (κ3) is 3.95. The number of rotatable bonds is 5. The van der Waals surface area contributed by atoms with Gasteiger partial charge in [0.1, 0.15) is 30.9 Å². The average Bonchev–Trinajstić information content (AvgIpc) is 2.92. The monoisotopic (exact) mass is 312 g/mol. The molecule has 0 spiro atoms. The lowest BCUT2D eigenvalue weighted by atomic mass is 10.2. The smallest absolute Gasteiger partial charge is 0.419 e. The van der Waals surface area contributed by atoms with E-state index in [9.17, 15) is 18.3 Å². The highest BCUT2D eigenvalue weighted by molar-refractivity contribution is 5.35. The summed E-state index contributed by atoms with van der Waals surface area (Å²) in [4.78, 5) is 3.64. The number of benzene rings is 1. The Morgan fingerprint density at radius 3 is 2.73 bits per heavy atom. The summed E-state index contributed by atoms with van der Waals surface area (Å²) in [5.74, 6) is -0.416.